The van der Waals surface area contributed by atoms with E-state index in [2.05, 4.69) is 15.0 Å². The molecule has 12 heteroatoms. The molecule has 1 aromatic heterocycles. The molecule has 0 amide bonds. The molecule has 3 unspecified atom stereocenters. The average molecular weight is 460 g/mol. The Morgan fingerprint density at radius 2 is 2.10 bits per heavy atom. The minimum atomic E-state index is -4.79. The Kier molecular flexibility index (Phi) is 5.88. The van der Waals surface area contributed by atoms with Crippen molar-refractivity contribution >= 4 is 15.7 Å². The minimum absolute atomic E-state index is 0.0395. The summed E-state index contributed by atoms with van der Waals surface area (Å²) in [5.74, 6) is -0.504. The molecule has 0 spiro atoms. The van der Waals surface area contributed by atoms with Crippen LogP contribution in [0.4, 0.5) is 18.9 Å². The highest BCUT2D eigenvalue weighted by Gasteiger charge is 2.44. The van der Waals surface area contributed by atoms with Gasteiger partial charge in [0.15, 0.2) is 5.03 Å². The lowest BCUT2D eigenvalue weighted by Crippen LogP contribution is -2.35. The third-order valence-corrected chi connectivity index (χ3v) is 7.20. The standard InChI is InChI=1S/C19H23F3N4O4S/c1-25-11-18(23-12-25)31(27,28)26-9-15(17-6-3-7-29-17)16(10-26)24-13-4-2-5-14(8-13)30-19(20,21)22/h2,4-5,8,11-12,15-17,24H,3,6-7,9-10H2,1H3. The van der Waals surface area contributed by atoms with Crippen LogP contribution in [0.15, 0.2) is 41.8 Å². The third-order valence-electron chi connectivity index (χ3n) is 5.48. The van der Waals surface area contributed by atoms with Gasteiger partial charge >= 0.3 is 6.36 Å². The van der Waals surface area contributed by atoms with E-state index in [1.54, 1.807) is 17.7 Å². The topological polar surface area (TPSA) is 85.7 Å². The maximum absolute atomic E-state index is 13.1. The number of aromatic nitrogens is 2. The molecule has 0 radical (unpaired) electrons. The molecule has 2 aromatic rings. The molecule has 0 saturated carbocycles. The third kappa shape index (κ3) is 4.96. The van der Waals surface area contributed by atoms with Gasteiger partial charge < -0.3 is 19.4 Å². The van der Waals surface area contributed by atoms with Gasteiger partial charge in [-0.05, 0) is 25.0 Å². The molecule has 3 heterocycles. The van der Waals surface area contributed by atoms with Crippen LogP contribution < -0.4 is 10.1 Å². The molecular formula is C19H23F3N4O4S. The van der Waals surface area contributed by atoms with Crippen LogP contribution in [0.3, 0.4) is 0 Å². The first-order valence-corrected chi connectivity index (χ1v) is 11.3. The second-order valence-corrected chi connectivity index (χ2v) is 9.63. The van der Waals surface area contributed by atoms with Gasteiger partial charge in [-0.3, -0.25) is 0 Å². The van der Waals surface area contributed by atoms with E-state index in [0.29, 0.717) is 12.3 Å². The van der Waals surface area contributed by atoms with Crippen molar-refractivity contribution < 1.29 is 31.1 Å². The van der Waals surface area contributed by atoms with Gasteiger partial charge in [-0.15, -0.1) is 13.2 Å². The monoisotopic (exact) mass is 460 g/mol. The highest BCUT2D eigenvalue weighted by molar-refractivity contribution is 7.89. The number of nitrogens with one attached hydrogen (secondary N) is 1. The number of hydrogen-bond donors (Lipinski definition) is 1. The van der Waals surface area contributed by atoms with E-state index in [4.69, 9.17) is 4.74 Å². The van der Waals surface area contributed by atoms with Crippen LogP contribution in [-0.4, -0.2) is 60.5 Å². The number of hydrogen-bond acceptors (Lipinski definition) is 6. The van der Waals surface area contributed by atoms with Crippen molar-refractivity contribution in [2.24, 2.45) is 13.0 Å². The van der Waals surface area contributed by atoms with Crippen LogP contribution >= 0.6 is 0 Å². The van der Waals surface area contributed by atoms with Gasteiger partial charge in [0.1, 0.15) is 5.75 Å². The maximum atomic E-state index is 13.1. The van der Waals surface area contributed by atoms with Gasteiger partial charge in [-0.25, -0.2) is 13.4 Å². The Balaban J connectivity index is 1.56. The number of anilines is 1. The number of alkyl halides is 3. The Morgan fingerprint density at radius 3 is 2.74 bits per heavy atom. The van der Waals surface area contributed by atoms with Crippen LogP contribution in [0.2, 0.25) is 0 Å². The molecule has 0 aliphatic carbocycles. The predicted octanol–water partition coefficient (Wildman–Crippen LogP) is 2.60. The molecule has 2 fully saturated rings. The highest BCUT2D eigenvalue weighted by atomic mass is 32.2. The number of aryl methyl sites for hydroxylation is 1. The van der Waals surface area contributed by atoms with E-state index in [1.807, 2.05) is 0 Å². The van der Waals surface area contributed by atoms with Crippen LogP contribution in [0.1, 0.15) is 12.8 Å². The SMILES string of the molecule is Cn1cnc(S(=O)(=O)N2CC(Nc3cccc(OC(F)(F)F)c3)C(C3CCCO3)C2)c1. The fourth-order valence-electron chi connectivity index (χ4n) is 4.11. The van der Waals surface area contributed by atoms with E-state index < -0.39 is 16.4 Å². The van der Waals surface area contributed by atoms with Gasteiger partial charge in [0, 0.05) is 56.7 Å². The van der Waals surface area contributed by atoms with Crippen molar-refractivity contribution in [1.82, 2.24) is 13.9 Å². The lowest BCUT2D eigenvalue weighted by Gasteiger charge is -2.25. The Bertz CT molecular complexity index is 1020. The second kappa shape index (κ2) is 8.32. The Labute approximate surface area is 178 Å². The van der Waals surface area contributed by atoms with Crippen molar-refractivity contribution in [2.45, 2.75) is 36.4 Å². The lowest BCUT2D eigenvalue weighted by atomic mass is 9.94. The molecule has 8 nitrogen and oxygen atoms in total. The molecule has 1 aromatic carbocycles. The van der Waals surface area contributed by atoms with Crippen molar-refractivity contribution in [3.63, 3.8) is 0 Å². The first kappa shape index (κ1) is 21.9. The normalized spacial score (nSPS) is 25.1. The quantitative estimate of drug-likeness (QED) is 0.713. The summed E-state index contributed by atoms with van der Waals surface area (Å²) in [5.41, 5.74) is 0.409. The van der Waals surface area contributed by atoms with Crippen molar-refractivity contribution in [2.75, 3.05) is 25.0 Å². The lowest BCUT2D eigenvalue weighted by molar-refractivity contribution is -0.274. The predicted molar refractivity (Wildman–Crippen MR) is 105 cm³/mol. The van der Waals surface area contributed by atoms with E-state index in [-0.39, 0.29) is 41.9 Å². The summed E-state index contributed by atoms with van der Waals surface area (Å²) in [6.45, 7) is 0.990. The minimum Gasteiger partial charge on any atom is -0.406 e. The van der Waals surface area contributed by atoms with E-state index in [0.717, 1.165) is 12.8 Å². The molecule has 31 heavy (non-hydrogen) atoms. The van der Waals surface area contributed by atoms with Crippen LogP contribution in [0.5, 0.6) is 5.75 Å². The van der Waals surface area contributed by atoms with Crippen molar-refractivity contribution in [3.05, 3.63) is 36.8 Å². The molecule has 1 N–H and O–H groups in total. The summed E-state index contributed by atoms with van der Waals surface area (Å²) >= 11 is 0. The van der Waals surface area contributed by atoms with Gasteiger partial charge in [0.2, 0.25) is 0 Å². The maximum Gasteiger partial charge on any atom is 0.573 e. The van der Waals surface area contributed by atoms with Crippen molar-refractivity contribution in [3.8, 4) is 5.75 Å². The summed E-state index contributed by atoms with van der Waals surface area (Å²) in [6.07, 6.45) is -0.374. The van der Waals surface area contributed by atoms with Crippen LogP contribution in [0, 0.1) is 5.92 Å². The highest BCUT2D eigenvalue weighted by Crippen LogP contribution is 2.34. The zero-order valence-electron chi connectivity index (χ0n) is 16.7. The molecule has 2 aliphatic rings. The number of rotatable bonds is 6. The number of ether oxygens (including phenoxy) is 2. The molecule has 0 bridgehead atoms. The van der Waals surface area contributed by atoms with E-state index in [1.165, 1.54) is 35.0 Å². The summed E-state index contributed by atoms with van der Waals surface area (Å²) in [5, 5.41) is 3.15. The molecule has 4 rings (SSSR count). The fraction of sp³-hybridized carbons (Fsp3) is 0.526. The first-order valence-electron chi connectivity index (χ1n) is 9.84. The molecule has 3 atom stereocenters. The smallest absolute Gasteiger partial charge is 0.406 e. The fourth-order valence-corrected chi connectivity index (χ4v) is 5.58. The molecule has 2 aliphatic heterocycles. The largest absolute Gasteiger partial charge is 0.573 e. The van der Waals surface area contributed by atoms with Gasteiger partial charge in [0.05, 0.1) is 12.4 Å². The van der Waals surface area contributed by atoms with Crippen molar-refractivity contribution in [1.29, 1.82) is 0 Å². The number of benzene rings is 1. The van der Waals surface area contributed by atoms with Gasteiger partial charge in [-0.2, -0.15) is 4.31 Å². The Hall–Kier alpha value is -2.31. The number of nitrogens with zero attached hydrogens (tertiary/aromatic N) is 3. The second-order valence-electron chi connectivity index (χ2n) is 7.74. The zero-order valence-corrected chi connectivity index (χ0v) is 17.6. The summed E-state index contributed by atoms with van der Waals surface area (Å²) in [7, 11) is -2.12. The van der Waals surface area contributed by atoms with Crippen LogP contribution in [0.25, 0.3) is 0 Å². The number of sulfonamides is 1. The van der Waals surface area contributed by atoms with Gasteiger partial charge in [0.25, 0.3) is 10.0 Å². The summed E-state index contributed by atoms with van der Waals surface area (Å²) < 4.78 is 76.5. The molecular weight excluding hydrogens is 437 g/mol. The Morgan fingerprint density at radius 1 is 1.29 bits per heavy atom. The molecule has 2 saturated heterocycles. The van der Waals surface area contributed by atoms with Crippen LogP contribution in [-0.2, 0) is 21.8 Å². The molecule has 170 valence electrons. The summed E-state index contributed by atoms with van der Waals surface area (Å²) in [6, 6.07) is 5.18. The van der Waals surface area contributed by atoms with Gasteiger partial charge in [-0.1, -0.05) is 6.07 Å². The zero-order chi connectivity index (χ0) is 22.2. The van der Waals surface area contributed by atoms with E-state index >= 15 is 0 Å². The number of imidazole rings is 1. The van der Waals surface area contributed by atoms with E-state index in [9.17, 15) is 21.6 Å². The summed E-state index contributed by atoms with van der Waals surface area (Å²) in [4.78, 5) is 3.97. The first-order chi connectivity index (χ1) is 14.6. The number of halogens is 3. The average Bonchev–Trinajstić information content (AvgIpc) is 3.41.